The smallest absolute Gasteiger partial charge is 0.0249 e. The number of rotatable bonds is 3. The Labute approximate surface area is 152 Å². The number of halogens is 1. The maximum atomic E-state index is 3.44. The van der Waals surface area contributed by atoms with Gasteiger partial charge in [-0.05, 0) is 59.5 Å². The quantitative estimate of drug-likeness (QED) is 0.460. The topological polar surface area (TPSA) is 0 Å². The molecule has 1 heteroatoms. The van der Waals surface area contributed by atoms with Crippen LogP contribution in [0.4, 0.5) is 0 Å². The Morgan fingerprint density at radius 2 is 1.12 bits per heavy atom. The lowest BCUT2D eigenvalue weighted by molar-refractivity contribution is 0.922. The van der Waals surface area contributed by atoms with Gasteiger partial charge in [0.1, 0.15) is 0 Å². The van der Waals surface area contributed by atoms with Crippen molar-refractivity contribution in [2.75, 3.05) is 0 Å². The van der Waals surface area contributed by atoms with Crippen LogP contribution in [0.5, 0.6) is 0 Å². The van der Waals surface area contributed by atoms with Crippen LogP contribution in [0.25, 0.3) is 11.1 Å². The van der Waals surface area contributed by atoms with E-state index in [-0.39, 0.29) is 0 Å². The summed E-state index contributed by atoms with van der Waals surface area (Å²) in [5, 5.41) is 0. The van der Waals surface area contributed by atoms with Crippen molar-refractivity contribution in [2.45, 2.75) is 19.8 Å². The molecule has 118 valence electrons. The summed E-state index contributed by atoms with van der Waals surface area (Å²) < 4.78 is 1.07. The molecule has 0 radical (unpaired) electrons. The molecular formula is C23H19Br. The van der Waals surface area contributed by atoms with Crippen LogP contribution in [-0.4, -0.2) is 0 Å². The highest BCUT2D eigenvalue weighted by Crippen LogP contribution is 2.20. The van der Waals surface area contributed by atoms with E-state index < -0.39 is 0 Å². The highest BCUT2D eigenvalue weighted by Gasteiger charge is 1.98. The second-order valence-corrected chi connectivity index (χ2v) is 6.70. The van der Waals surface area contributed by atoms with Gasteiger partial charge < -0.3 is 0 Å². The fourth-order valence-electron chi connectivity index (χ4n) is 2.58. The summed E-state index contributed by atoms with van der Waals surface area (Å²) in [4.78, 5) is 0. The van der Waals surface area contributed by atoms with Gasteiger partial charge in [-0.2, -0.15) is 0 Å². The molecule has 0 fully saturated rings. The van der Waals surface area contributed by atoms with Crippen LogP contribution in [-0.2, 0) is 6.42 Å². The predicted octanol–water partition coefficient (Wildman–Crippen LogP) is 6.47. The molecule has 0 heterocycles. The Morgan fingerprint density at radius 3 is 1.62 bits per heavy atom. The summed E-state index contributed by atoms with van der Waals surface area (Å²) in [5.74, 6) is 6.42. The molecular weight excluding hydrogens is 356 g/mol. The third-order valence-corrected chi connectivity index (χ3v) is 4.43. The standard InChI is InChI=1S/C23H19Br/c1-2-3-18-6-12-21(13-7-18)22-14-8-19(9-15-22)4-5-20-10-16-23(24)17-11-20/h6-17H,2-3H2,1H3. The summed E-state index contributed by atoms with van der Waals surface area (Å²) in [7, 11) is 0. The van der Waals surface area contributed by atoms with Crippen LogP contribution in [0.2, 0.25) is 0 Å². The molecule has 3 rings (SSSR count). The van der Waals surface area contributed by atoms with E-state index in [0.29, 0.717) is 0 Å². The van der Waals surface area contributed by atoms with Gasteiger partial charge in [0, 0.05) is 15.6 Å². The van der Waals surface area contributed by atoms with Gasteiger partial charge in [0.2, 0.25) is 0 Å². The first-order chi connectivity index (χ1) is 11.7. The van der Waals surface area contributed by atoms with E-state index in [1.54, 1.807) is 0 Å². The van der Waals surface area contributed by atoms with Gasteiger partial charge in [0.15, 0.2) is 0 Å². The first kappa shape index (κ1) is 16.6. The van der Waals surface area contributed by atoms with Crippen LogP contribution in [0.15, 0.2) is 77.3 Å². The van der Waals surface area contributed by atoms with Crippen LogP contribution in [0.3, 0.4) is 0 Å². The molecule has 0 nitrogen and oxygen atoms in total. The Kier molecular flexibility index (Phi) is 5.51. The first-order valence-corrected chi connectivity index (χ1v) is 9.01. The molecule has 3 aromatic carbocycles. The van der Waals surface area contributed by atoms with Crippen LogP contribution < -0.4 is 0 Å². The molecule has 0 saturated carbocycles. The number of benzene rings is 3. The fraction of sp³-hybridized carbons (Fsp3) is 0.130. The Hall–Kier alpha value is -2.30. The molecule has 24 heavy (non-hydrogen) atoms. The van der Waals surface area contributed by atoms with E-state index in [0.717, 1.165) is 22.0 Å². The van der Waals surface area contributed by atoms with Crippen LogP contribution >= 0.6 is 15.9 Å². The predicted molar refractivity (Wildman–Crippen MR) is 106 cm³/mol. The maximum absolute atomic E-state index is 3.44. The minimum atomic E-state index is 1.02. The lowest BCUT2D eigenvalue weighted by atomic mass is 10.0. The zero-order valence-electron chi connectivity index (χ0n) is 13.7. The van der Waals surface area contributed by atoms with Crippen molar-refractivity contribution in [3.63, 3.8) is 0 Å². The third kappa shape index (κ3) is 4.37. The van der Waals surface area contributed by atoms with Crippen LogP contribution in [0, 0.1) is 11.8 Å². The monoisotopic (exact) mass is 374 g/mol. The third-order valence-electron chi connectivity index (χ3n) is 3.91. The van der Waals surface area contributed by atoms with E-state index in [1.807, 2.05) is 24.3 Å². The minimum absolute atomic E-state index is 1.02. The van der Waals surface area contributed by atoms with Gasteiger partial charge in [0.25, 0.3) is 0 Å². The van der Waals surface area contributed by atoms with Crippen molar-refractivity contribution in [1.29, 1.82) is 0 Å². The molecule has 0 spiro atoms. The summed E-state index contributed by atoms with van der Waals surface area (Å²) in [6, 6.07) is 25.3. The van der Waals surface area contributed by atoms with E-state index >= 15 is 0 Å². The molecule has 0 bridgehead atoms. The average Bonchev–Trinajstić information content (AvgIpc) is 2.63. The van der Waals surface area contributed by atoms with Gasteiger partial charge >= 0.3 is 0 Å². The summed E-state index contributed by atoms with van der Waals surface area (Å²) >= 11 is 3.44. The number of aryl methyl sites for hydroxylation is 1. The van der Waals surface area contributed by atoms with Crippen LogP contribution in [0.1, 0.15) is 30.0 Å². The zero-order chi connectivity index (χ0) is 16.8. The van der Waals surface area contributed by atoms with Gasteiger partial charge in [-0.3, -0.25) is 0 Å². The summed E-state index contributed by atoms with van der Waals surface area (Å²) in [6.45, 7) is 2.21. The molecule has 0 atom stereocenters. The highest BCUT2D eigenvalue weighted by atomic mass is 79.9. The SMILES string of the molecule is CCCc1ccc(-c2ccc(C#Cc3ccc(Br)cc3)cc2)cc1. The Bertz CT molecular complexity index is 845. The van der Waals surface area contributed by atoms with Gasteiger partial charge in [-0.15, -0.1) is 0 Å². The fourth-order valence-corrected chi connectivity index (χ4v) is 2.84. The molecule has 0 aromatic heterocycles. The minimum Gasteiger partial charge on any atom is -0.0651 e. The zero-order valence-corrected chi connectivity index (χ0v) is 15.3. The molecule has 0 aliphatic rings. The molecule has 0 amide bonds. The Morgan fingerprint density at radius 1 is 0.667 bits per heavy atom. The highest BCUT2D eigenvalue weighted by molar-refractivity contribution is 9.10. The van der Waals surface area contributed by atoms with Crippen molar-refractivity contribution in [1.82, 2.24) is 0 Å². The number of hydrogen-bond acceptors (Lipinski definition) is 0. The van der Waals surface area contributed by atoms with E-state index in [9.17, 15) is 0 Å². The van der Waals surface area contributed by atoms with Crippen molar-refractivity contribution < 1.29 is 0 Å². The first-order valence-electron chi connectivity index (χ1n) is 8.21. The lowest BCUT2D eigenvalue weighted by Gasteiger charge is -2.04. The van der Waals surface area contributed by atoms with Crippen molar-refractivity contribution in [3.8, 4) is 23.0 Å². The average molecular weight is 375 g/mol. The maximum Gasteiger partial charge on any atom is 0.0249 e. The van der Waals surface area contributed by atoms with Crippen molar-refractivity contribution in [2.24, 2.45) is 0 Å². The second kappa shape index (κ2) is 7.99. The summed E-state index contributed by atoms with van der Waals surface area (Å²) in [5.41, 5.74) is 5.94. The van der Waals surface area contributed by atoms with Gasteiger partial charge in [0.05, 0.1) is 0 Å². The largest absolute Gasteiger partial charge is 0.0651 e. The van der Waals surface area contributed by atoms with Gasteiger partial charge in [-0.25, -0.2) is 0 Å². The molecule has 0 aliphatic carbocycles. The molecule has 3 aromatic rings. The molecule has 0 saturated heterocycles. The van der Waals surface area contributed by atoms with Crippen molar-refractivity contribution in [3.05, 3.63) is 94.0 Å². The van der Waals surface area contributed by atoms with Gasteiger partial charge in [-0.1, -0.05) is 77.5 Å². The molecule has 0 N–H and O–H groups in total. The molecule has 0 aliphatic heterocycles. The van der Waals surface area contributed by atoms with E-state index in [4.69, 9.17) is 0 Å². The summed E-state index contributed by atoms with van der Waals surface area (Å²) in [6.07, 6.45) is 2.33. The lowest BCUT2D eigenvalue weighted by Crippen LogP contribution is -1.84. The molecule has 0 unspecified atom stereocenters. The second-order valence-electron chi connectivity index (χ2n) is 5.78. The Balaban J connectivity index is 1.74. The van der Waals surface area contributed by atoms with E-state index in [1.165, 1.54) is 23.1 Å². The normalized spacial score (nSPS) is 10.1. The van der Waals surface area contributed by atoms with Crippen molar-refractivity contribution >= 4 is 15.9 Å². The number of hydrogen-bond donors (Lipinski definition) is 0. The van der Waals surface area contributed by atoms with E-state index in [2.05, 4.69) is 83.2 Å².